The number of anilines is 1. The van der Waals surface area contributed by atoms with Crippen molar-refractivity contribution < 1.29 is 23.5 Å². The van der Waals surface area contributed by atoms with Gasteiger partial charge in [-0.15, -0.1) is 0 Å². The highest BCUT2D eigenvalue weighted by atomic mass is 19.1. The van der Waals surface area contributed by atoms with E-state index in [1.54, 1.807) is 32.4 Å². The van der Waals surface area contributed by atoms with E-state index in [9.17, 15) is 23.6 Å². The normalized spacial score (nSPS) is 12.1. The number of nitrogens with zero attached hydrogens (tertiary/aromatic N) is 4. The fraction of sp³-hybridized carbons (Fsp3) is 0.433. The summed E-state index contributed by atoms with van der Waals surface area (Å²) in [5.74, 6) is -1.03. The number of aryl methyl sites for hydroxylation is 1. The Kier molecular flexibility index (Phi) is 10.6. The van der Waals surface area contributed by atoms with Gasteiger partial charge in [0.1, 0.15) is 11.5 Å². The number of likely N-dealkylation sites (N-methyl/N-ethyl adjacent to an activating group) is 1. The summed E-state index contributed by atoms with van der Waals surface area (Å²) >= 11 is 0. The summed E-state index contributed by atoms with van der Waals surface area (Å²) in [5.41, 5.74) is 2.83. The average Bonchev–Trinajstić information content (AvgIpc) is 3.24. The number of rotatable bonds is 11. The molecule has 0 aliphatic heterocycles. The van der Waals surface area contributed by atoms with Crippen LogP contribution < -0.4 is 10.9 Å². The summed E-state index contributed by atoms with van der Waals surface area (Å²) in [4.78, 5) is 60.6. The van der Waals surface area contributed by atoms with Crippen molar-refractivity contribution in [3.05, 3.63) is 69.7 Å². The molecule has 11 nitrogen and oxygen atoms in total. The van der Waals surface area contributed by atoms with Crippen LogP contribution in [0.4, 0.5) is 14.9 Å². The topological polar surface area (TPSA) is 130 Å². The first-order valence-corrected chi connectivity index (χ1v) is 13.7. The van der Waals surface area contributed by atoms with Gasteiger partial charge >= 0.3 is 6.09 Å². The number of fused-ring (bicyclic) bond motifs is 1. The molecule has 0 saturated heterocycles. The zero-order valence-corrected chi connectivity index (χ0v) is 25.2. The van der Waals surface area contributed by atoms with Crippen molar-refractivity contribution in [1.82, 2.24) is 24.3 Å². The summed E-state index contributed by atoms with van der Waals surface area (Å²) in [6.45, 7) is 6.02. The van der Waals surface area contributed by atoms with Crippen LogP contribution in [0, 0.1) is 18.7 Å². The highest BCUT2D eigenvalue weighted by Crippen LogP contribution is 2.27. The van der Waals surface area contributed by atoms with Crippen LogP contribution in [0.2, 0.25) is 0 Å². The maximum Gasteiger partial charge on any atom is 0.410 e. The molecule has 226 valence electrons. The first kappa shape index (κ1) is 32.0. The molecule has 3 aromatic rings. The molecule has 3 rings (SSSR count). The number of carbonyl (C=O) groups is 3. The molecule has 12 heteroatoms. The Bertz CT molecular complexity index is 1540. The number of H-pyrrole nitrogens is 1. The number of pyridine rings is 2. The molecule has 0 aromatic carbocycles. The number of carbonyl (C=O) groups excluding carboxylic acids is 3. The van der Waals surface area contributed by atoms with Crippen LogP contribution in [0.5, 0.6) is 0 Å². The van der Waals surface area contributed by atoms with Gasteiger partial charge in [-0.1, -0.05) is 19.9 Å². The van der Waals surface area contributed by atoms with Gasteiger partial charge in [0, 0.05) is 45.6 Å². The van der Waals surface area contributed by atoms with Crippen LogP contribution in [0.15, 0.2) is 41.5 Å². The summed E-state index contributed by atoms with van der Waals surface area (Å²) in [6.07, 6.45) is 4.77. The molecular formula is C30H39FN6O5. The molecule has 0 saturated carbocycles. The van der Waals surface area contributed by atoms with E-state index in [0.29, 0.717) is 28.7 Å². The first-order valence-electron chi connectivity index (χ1n) is 13.7. The Labute approximate surface area is 244 Å². The number of aromatic nitrogens is 3. The summed E-state index contributed by atoms with van der Waals surface area (Å²) in [6, 6.07) is 3.08. The van der Waals surface area contributed by atoms with Gasteiger partial charge in [-0.25, -0.2) is 9.18 Å². The summed E-state index contributed by atoms with van der Waals surface area (Å²) < 4.78 is 21.4. The van der Waals surface area contributed by atoms with Gasteiger partial charge in [-0.3, -0.25) is 19.4 Å². The van der Waals surface area contributed by atoms with Gasteiger partial charge in [0.05, 0.1) is 23.8 Å². The zero-order valence-electron chi connectivity index (χ0n) is 25.2. The van der Waals surface area contributed by atoms with E-state index < -0.39 is 23.7 Å². The number of amides is 3. The van der Waals surface area contributed by atoms with E-state index in [-0.39, 0.29) is 42.7 Å². The van der Waals surface area contributed by atoms with Gasteiger partial charge in [0.25, 0.3) is 11.5 Å². The fourth-order valence-electron chi connectivity index (χ4n) is 4.29. The molecular weight excluding hydrogens is 543 g/mol. The van der Waals surface area contributed by atoms with E-state index in [0.717, 1.165) is 5.56 Å². The Hall–Kier alpha value is -4.48. The standard InChI is InChI=1S/C30H39FN6O5/c1-18(2)15-20-21(31)16-32-26-19(3)23(33-27(20)26)17-37-14-10-11-22(29(37)40)34-28(39)24(42-30(41)36(6)7)12-8-9-13-25(38)35(4)5/h9-11,13-14,16,18,24,33H,8,12,15,17H2,1-7H3,(H,34,39). The number of nitrogens with one attached hydrogen (secondary N) is 2. The lowest BCUT2D eigenvalue weighted by atomic mass is 10.0. The molecule has 0 radical (unpaired) electrons. The number of hydrogen-bond donors (Lipinski definition) is 2. The van der Waals surface area contributed by atoms with Gasteiger partial charge < -0.3 is 29.4 Å². The molecule has 0 bridgehead atoms. The monoisotopic (exact) mass is 582 g/mol. The minimum Gasteiger partial charge on any atom is -0.436 e. The quantitative estimate of drug-likeness (QED) is 0.331. The number of aromatic amines is 1. The van der Waals surface area contributed by atoms with Crippen LogP contribution in [-0.4, -0.2) is 76.5 Å². The lowest BCUT2D eigenvalue weighted by molar-refractivity contribution is -0.125. The molecule has 0 aliphatic carbocycles. The molecule has 0 spiro atoms. The molecule has 1 unspecified atom stereocenters. The van der Waals surface area contributed by atoms with E-state index in [1.807, 2.05) is 20.8 Å². The van der Waals surface area contributed by atoms with Crippen LogP contribution in [-0.2, 0) is 27.3 Å². The van der Waals surface area contributed by atoms with Crippen molar-refractivity contribution in [2.75, 3.05) is 33.5 Å². The van der Waals surface area contributed by atoms with Crippen molar-refractivity contribution in [2.24, 2.45) is 5.92 Å². The minimum absolute atomic E-state index is 0.00478. The van der Waals surface area contributed by atoms with Crippen molar-refractivity contribution in [3.63, 3.8) is 0 Å². The van der Waals surface area contributed by atoms with Gasteiger partial charge in [-0.05, 0) is 55.9 Å². The second-order valence-corrected chi connectivity index (χ2v) is 11.0. The second kappa shape index (κ2) is 13.9. The van der Waals surface area contributed by atoms with Crippen LogP contribution in [0.1, 0.15) is 43.5 Å². The SMILES string of the molecule is Cc1c(Cn2cccc(NC(=O)C(CCC=CC(=O)N(C)C)OC(=O)N(C)C)c2=O)[nH]c2c(CC(C)C)c(F)cnc12. The van der Waals surface area contributed by atoms with E-state index in [4.69, 9.17) is 4.74 Å². The highest BCUT2D eigenvalue weighted by Gasteiger charge is 2.25. The molecule has 0 fully saturated rings. The molecule has 1 atom stereocenters. The Morgan fingerprint density at radius 3 is 2.55 bits per heavy atom. The largest absolute Gasteiger partial charge is 0.436 e. The molecule has 3 heterocycles. The lowest BCUT2D eigenvalue weighted by Crippen LogP contribution is -2.37. The summed E-state index contributed by atoms with van der Waals surface area (Å²) in [5, 5.41) is 2.59. The molecule has 3 amide bonds. The number of allylic oxidation sites excluding steroid dienone is 1. The van der Waals surface area contributed by atoms with Crippen molar-refractivity contribution in [2.45, 2.75) is 52.7 Å². The maximum absolute atomic E-state index is 14.6. The predicted molar refractivity (Wildman–Crippen MR) is 159 cm³/mol. The fourth-order valence-corrected chi connectivity index (χ4v) is 4.29. The average molecular weight is 583 g/mol. The van der Waals surface area contributed by atoms with E-state index in [2.05, 4.69) is 15.3 Å². The predicted octanol–water partition coefficient (Wildman–Crippen LogP) is 3.85. The molecule has 2 N–H and O–H groups in total. The molecule has 3 aromatic heterocycles. The van der Waals surface area contributed by atoms with E-state index >= 15 is 0 Å². The Morgan fingerprint density at radius 2 is 1.90 bits per heavy atom. The van der Waals surface area contributed by atoms with Crippen LogP contribution >= 0.6 is 0 Å². The first-order chi connectivity index (χ1) is 19.8. The van der Waals surface area contributed by atoms with Crippen LogP contribution in [0.3, 0.4) is 0 Å². The highest BCUT2D eigenvalue weighted by molar-refractivity contribution is 5.95. The Morgan fingerprint density at radius 1 is 1.19 bits per heavy atom. The van der Waals surface area contributed by atoms with Gasteiger partial charge in [-0.2, -0.15) is 0 Å². The van der Waals surface area contributed by atoms with E-state index in [1.165, 1.54) is 46.8 Å². The van der Waals surface area contributed by atoms with Crippen molar-refractivity contribution >= 4 is 34.6 Å². The van der Waals surface area contributed by atoms with Gasteiger partial charge in [0.2, 0.25) is 5.91 Å². The zero-order chi connectivity index (χ0) is 31.1. The Balaban J connectivity index is 1.83. The second-order valence-electron chi connectivity index (χ2n) is 11.0. The smallest absolute Gasteiger partial charge is 0.410 e. The molecule has 42 heavy (non-hydrogen) atoms. The lowest BCUT2D eigenvalue weighted by Gasteiger charge is -2.19. The third-order valence-electron chi connectivity index (χ3n) is 6.63. The third-order valence-corrected chi connectivity index (χ3v) is 6.63. The minimum atomic E-state index is -1.21. The number of halogens is 1. The third kappa shape index (κ3) is 7.83. The maximum atomic E-state index is 14.6. The van der Waals surface area contributed by atoms with Crippen molar-refractivity contribution in [1.29, 1.82) is 0 Å². The summed E-state index contributed by atoms with van der Waals surface area (Å²) in [7, 11) is 6.22. The number of ether oxygens (including phenoxy) is 1. The van der Waals surface area contributed by atoms with Crippen molar-refractivity contribution in [3.8, 4) is 0 Å². The number of hydrogen-bond acceptors (Lipinski definition) is 6. The molecule has 0 aliphatic rings. The van der Waals surface area contributed by atoms with Gasteiger partial charge in [0.15, 0.2) is 6.10 Å². The van der Waals surface area contributed by atoms with Crippen LogP contribution in [0.25, 0.3) is 11.0 Å².